The molecule has 2 aromatic carbocycles. The Hall–Kier alpha value is -3.36. The highest BCUT2D eigenvalue weighted by Crippen LogP contribution is 2.49. The molecule has 8 nitrogen and oxygen atoms in total. The monoisotopic (exact) mass is 437 g/mol. The second-order valence-corrected chi connectivity index (χ2v) is 7.95. The number of nitrogens with one attached hydrogen (secondary N) is 2. The van der Waals surface area contributed by atoms with Crippen LogP contribution in [0.1, 0.15) is 30.9 Å². The highest BCUT2D eigenvalue weighted by atomic mass is 35.5. The Morgan fingerprint density at radius 2 is 2.10 bits per heavy atom. The number of amides is 1. The van der Waals surface area contributed by atoms with Crippen molar-refractivity contribution in [2.75, 3.05) is 5.32 Å². The Labute approximate surface area is 185 Å². The first-order chi connectivity index (χ1) is 15.0. The molecule has 1 aliphatic carbocycles. The smallest absolute Gasteiger partial charge is 0.235 e. The Morgan fingerprint density at radius 3 is 2.71 bits per heavy atom. The average molecular weight is 438 g/mol. The molecule has 1 saturated carbocycles. The fourth-order valence-electron chi connectivity index (χ4n) is 3.74. The Balaban J connectivity index is 1.66. The van der Waals surface area contributed by atoms with Crippen LogP contribution >= 0.6 is 11.6 Å². The van der Waals surface area contributed by atoms with Crippen molar-refractivity contribution in [3.05, 3.63) is 71.0 Å². The van der Waals surface area contributed by atoms with E-state index in [2.05, 4.69) is 20.9 Å². The van der Waals surface area contributed by atoms with Crippen molar-refractivity contribution in [3.8, 4) is 11.1 Å². The molecule has 6 N–H and O–H groups in total. The summed E-state index contributed by atoms with van der Waals surface area (Å²) in [5.74, 6) is 11.4. The van der Waals surface area contributed by atoms with Gasteiger partial charge in [-0.3, -0.25) is 9.48 Å². The topological polar surface area (TPSA) is 123 Å². The largest absolute Gasteiger partial charge is 0.325 e. The number of benzene rings is 2. The number of rotatable bonds is 6. The molecule has 3 aromatic rings. The van der Waals surface area contributed by atoms with Crippen molar-refractivity contribution >= 4 is 29.0 Å². The van der Waals surface area contributed by atoms with Gasteiger partial charge in [0.2, 0.25) is 5.91 Å². The molecule has 4 rings (SSSR count). The number of nitrogens with two attached hydrogens (primary N) is 2. The second-order valence-electron chi connectivity index (χ2n) is 7.51. The van der Waals surface area contributed by atoms with Gasteiger partial charge in [-0.05, 0) is 55.2 Å². The molecule has 1 aromatic heterocycles. The molecule has 31 heavy (non-hydrogen) atoms. The van der Waals surface area contributed by atoms with Crippen LogP contribution in [-0.2, 0) is 16.8 Å². The van der Waals surface area contributed by atoms with Crippen LogP contribution in [0.5, 0.6) is 0 Å². The van der Waals surface area contributed by atoms with Crippen LogP contribution in [-0.4, -0.2) is 21.5 Å². The van der Waals surface area contributed by atoms with Crippen molar-refractivity contribution in [2.45, 2.75) is 31.7 Å². The number of nitrogens with zero attached hydrogens (tertiary/aromatic N) is 3. The minimum atomic E-state index is -0.553. The van der Waals surface area contributed by atoms with Crippen molar-refractivity contribution < 1.29 is 4.79 Å². The summed E-state index contributed by atoms with van der Waals surface area (Å²) in [5.41, 5.74) is 5.91. The maximum absolute atomic E-state index is 13.2. The fourth-order valence-corrected chi connectivity index (χ4v) is 3.93. The predicted octanol–water partition coefficient (Wildman–Crippen LogP) is 2.98. The molecule has 0 saturated heterocycles. The van der Waals surface area contributed by atoms with Gasteiger partial charge >= 0.3 is 0 Å². The van der Waals surface area contributed by atoms with Crippen LogP contribution in [0.3, 0.4) is 0 Å². The molecule has 1 heterocycles. The molecule has 0 unspecified atom stereocenters. The number of hydrazone groups is 1. The molecular weight excluding hydrogens is 414 g/mol. The van der Waals surface area contributed by atoms with E-state index in [-0.39, 0.29) is 5.91 Å². The Morgan fingerprint density at radius 1 is 1.29 bits per heavy atom. The summed E-state index contributed by atoms with van der Waals surface area (Å²) in [6.07, 6.45) is 5.25. The van der Waals surface area contributed by atoms with Gasteiger partial charge in [0.05, 0.1) is 11.6 Å². The van der Waals surface area contributed by atoms with Gasteiger partial charge in [0.25, 0.3) is 0 Å². The van der Waals surface area contributed by atoms with E-state index in [1.807, 2.05) is 48.1 Å². The zero-order chi connectivity index (χ0) is 22.0. The minimum Gasteiger partial charge on any atom is -0.325 e. The minimum absolute atomic E-state index is 0.0702. The van der Waals surface area contributed by atoms with Gasteiger partial charge in [-0.25, -0.2) is 5.84 Å². The van der Waals surface area contributed by atoms with Gasteiger partial charge in [-0.2, -0.15) is 10.2 Å². The van der Waals surface area contributed by atoms with Gasteiger partial charge in [-0.15, -0.1) is 0 Å². The third-order valence-electron chi connectivity index (χ3n) is 5.63. The molecule has 0 radical (unpaired) electrons. The number of halogens is 1. The Kier molecular flexibility index (Phi) is 5.67. The van der Waals surface area contributed by atoms with Crippen LogP contribution < -0.4 is 22.4 Å². The molecule has 160 valence electrons. The first kappa shape index (κ1) is 20.9. The molecule has 0 bridgehead atoms. The quantitative estimate of drug-likeness (QED) is 0.204. The van der Waals surface area contributed by atoms with E-state index >= 15 is 0 Å². The summed E-state index contributed by atoms with van der Waals surface area (Å²) in [6.45, 7) is 2.76. The zero-order valence-electron chi connectivity index (χ0n) is 17.1. The summed E-state index contributed by atoms with van der Waals surface area (Å²) < 4.78 is 1.83. The normalized spacial score (nSPS) is 14.9. The van der Waals surface area contributed by atoms with Crippen LogP contribution in [0.25, 0.3) is 11.1 Å². The summed E-state index contributed by atoms with van der Waals surface area (Å²) in [4.78, 5) is 13.2. The molecule has 0 spiro atoms. The molecule has 9 heteroatoms. The number of hydrogen-bond acceptors (Lipinski definition) is 5. The predicted molar refractivity (Wildman–Crippen MR) is 122 cm³/mol. The maximum atomic E-state index is 13.2. The number of amidine groups is 1. The molecule has 1 fully saturated rings. The van der Waals surface area contributed by atoms with Crippen molar-refractivity contribution in [1.82, 2.24) is 15.2 Å². The van der Waals surface area contributed by atoms with E-state index in [0.717, 1.165) is 36.1 Å². The molecule has 1 amide bonds. The van der Waals surface area contributed by atoms with Crippen molar-refractivity contribution in [1.29, 1.82) is 0 Å². The number of carbonyl (C=O) groups excluding carboxylic acids is 1. The number of anilines is 1. The van der Waals surface area contributed by atoms with Gasteiger partial charge in [0, 0.05) is 34.6 Å². The second kappa shape index (κ2) is 8.41. The SMILES string of the molecule is CCn1cc(-c2ccc(NC(=O)C3(c4cccc(Cl)c4)CC3)cc2/C(=N/N)NN)cn1. The number of hydrogen-bond donors (Lipinski definition) is 4. The standard InChI is InChI=1S/C22H24ClN7O/c1-2-30-13-14(12-26-30)18-7-6-17(11-19(18)20(28-24)29-25)27-21(31)22(8-9-22)15-4-3-5-16(23)10-15/h3-7,10-13H,2,8-9,24-25H2,1H3,(H,27,31)(H,28,29). The third kappa shape index (κ3) is 3.99. The van der Waals surface area contributed by atoms with Crippen LogP contribution in [0, 0.1) is 0 Å². The lowest BCUT2D eigenvalue weighted by molar-refractivity contribution is -0.118. The fraction of sp³-hybridized carbons (Fsp3) is 0.227. The van der Waals surface area contributed by atoms with Gasteiger partial charge in [-0.1, -0.05) is 29.8 Å². The van der Waals surface area contributed by atoms with Crippen molar-refractivity contribution in [2.24, 2.45) is 16.8 Å². The van der Waals surface area contributed by atoms with Gasteiger partial charge in [0.1, 0.15) is 0 Å². The number of aromatic nitrogens is 2. The van der Waals surface area contributed by atoms with Crippen LogP contribution in [0.2, 0.25) is 5.02 Å². The van der Waals surface area contributed by atoms with E-state index in [9.17, 15) is 4.79 Å². The van der Waals surface area contributed by atoms with Crippen LogP contribution in [0.4, 0.5) is 5.69 Å². The lowest BCUT2D eigenvalue weighted by Crippen LogP contribution is -2.33. The molecule has 0 atom stereocenters. The number of hydrazine groups is 1. The average Bonchev–Trinajstić information content (AvgIpc) is 3.46. The number of aryl methyl sites for hydroxylation is 1. The van der Waals surface area contributed by atoms with Crippen molar-refractivity contribution in [3.63, 3.8) is 0 Å². The van der Waals surface area contributed by atoms with E-state index in [1.165, 1.54) is 0 Å². The molecular formula is C22H24ClN7O. The van der Waals surface area contributed by atoms with Gasteiger partial charge in [0.15, 0.2) is 5.84 Å². The first-order valence-corrected chi connectivity index (χ1v) is 10.4. The summed E-state index contributed by atoms with van der Waals surface area (Å²) >= 11 is 6.14. The molecule has 0 aliphatic heterocycles. The van der Waals surface area contributed by atoms with E-state index in [0.29, 0.717) is 22.1 Å². The summed E-state index contributed by atoms with van der Waals surface area (Å²) in [5, 5.41) is 11.7. The summed E-state index contributed by atoms with van der Waals surface area (Å²) in [6, 6.07) is 13.0. The van der Waals surface area contributed by atoms with E-state index < -0.39 is 5.41 Å². The van der Waals surface area contributed by atoms with Crippen LogP contribution in [0.15, 0.2) is 60.0 Å². The number of carbonyl (C=O) groups is 1. The highest BCUT2D eigenvalue weighted by Gasteiger charge is 2.51. The lowest BCUT2D eigenvalue weighted by Gasteiger charge is -2.18. The summed E-state index contributed by atoms with van der Waals surface area (Å²) in [7, 11) is 0. The van der Waals surface area contributed by atoms with Gasteiger partial charge < -0.3 is 16.6 Å². The van der Waals surface area contributed by atoms with E-state index in [4.69, 9.17) is 23.3 Å². The first-order valence-electron chi connectivity index (χ1n) is 10.00. The highest BCUT2D eigenvalue weighted by molar-refractivity contribution is 6.30. The third-order valence-corrected chi connectivity index (χ3v) is 5.86. The maximum Gasteiger partial charge on any atom is 0.235 e. The zero-order valence-corrected chi connectivity index (χ0v) is 17.9. The van der Waals surface area contributed by atoms with E-state index in [1.54, 1.807) is 18.3 Å². The molecule has 1 aliphatic rings. The lowest BCUT2D eigenvalue weighted by atomic mass is 9.94. The Bertz CT molecular complexity index is 1150.